The Kier molecular flexibility index (Phi) is 6.25. The van der Waals surface area contributed by atoms with Gasteiger partial charge in [0, 0.05) is 18.8 Å². The summed E-state index contributed by atoms with van der Waals surface area (Å²) in [5.41, 5.74) is 4.46. The van der Waals surface area contributed by atoms with Crippen molar-refractivity contribution in [3.63, 3.8) is 0 Å². The van der Waals surface area contributed by atoms with Crippen LogP contribution in [0.25, 0.3) is 11.4 Å². The van der Waals surface area contributed by atoms with Crippen LogP contribution < -0.4 is 5.32 Å². The number of pyridine rings is 1. The van der Waals surface area contributed by atoms with Crippen LogP contribution in [-0.2, 0) is 6.42 Å². The Hall–Kier alpha value is -3.61. The average molecular weight is 434 g/mol. The number of halogens is 2. The predicted molar refractivity (Wildman–Crippen MR) is 120 cm³/mol. The van der Waals surface area contributed by atoms with E-state index in [1.807, 2.05) is 39.0 Å². The largest absolute Gasteiger partial charge is 0.370 e. The summed E-state index contributed by atoms with van der Waals surface area (Å²) in [6, 6.07) is 13.2. The minimum absolute atomic E-state index is 0.287. The van der Waals surface area contributed by atoms with Crippen LogP contribution in [0.2, 0.25) is 0 Å². The van der Waals surface area contributed by atoms with E-state index in [-0.39, 0.29) is 5.89 Å². The molecule has 4 aromatic rings. The van der Waals surface area contributed by atoms with Crippen molar-refractivity contribution in [2.75, 3.05) is 11.9 Å². The zero-order valence-corrected chi connectivity index (χ0v) is 18.2. The maximum atomic E-state index is 14.0. The molecule has 2 heterocycles. The second kappa shape index (κ2) is 9.26. The summed E-state index contributed by atoms with van der Waals surface area (Å²) in [5.74, 6) is -0.508. The molecule has 2 aromatic carbocycles. The van der Waals surface area contributed by atoms with Gasteiger partial charge in [-0.2, -0.15) is 4.98 Å². The summed E-state index contributed by atoms with van der Waals surface area (Å²) >= 11 is 0. The molecule has 1 N–H and O–H groups in total. The Bertz CT molecular complexity index is 1220. The molecule has 0 bridgehead atoms. The van der Waals surface area contributed by atoms with Crippen molar-refractivity contribution >= 4 is 5.82 Å². The van der Waals surface area contributed by atoms with Gasteiger partial charge >= 0.3 is 0 Å². The lowest BCUT2D eigenvalue weighted by Crippen LogP contribution is -2.07. The van der Waals surface area contributed by atoms with Crippen LogP contribution in [0.15, 0.2) is 59.3 Å². The normalized spacial score (nSPS) is 12.0. The van der Waals surface area contributed by atoms with Gasteiger partial charge in [-0.3, -0.25) is 0 Å². The third-order valence-electron chi connectivity index (χ3n) is 5.43. The van der Waals surface area contributed by atoms with Gasteiger partial charge in [0.1, 0.15) is 17.5 Å². The van der Waals surface area contributed by atoms with Gasteiger partial charge < -0.3 is 9.84 Å². The fourth-order valence-electron chi connectivity index (χ4n) is 3.67. The molecule has 4 rings (SSSR count). The molecule has 164 valence electrons. The topological polar surface area (TPSA) is 63.8 Å². The number of benzene rings is 2. The second-order valence-electron chi connectivity index (χ2n) is 7.76. The Balaban J connectivity index is 1.76. The van der Waals surface area contributed by atoms with E-state index in [9.17, 15) is 8.78 Å². The highest BCUT2D eigenvalue weighted by Gasteiger charge is 2.24. The molecule has 0 aliphatic carbocycles. The van der Waals surface area contributed by atoms with E-state index in [4.69, 9.17) is 4.52 Å². The zero-order valence-electron chi connectivity index (χ0n) is 18.2. The molecular formula is C25H24F2N4O. The summed E-state index contributed by atoms with van der Waals surface area (Å²) in [4.78, 5) is 8.93. The predicted octanol–water partition coefficient (Wildman–Crippen LogP) is 5.83. The highest BCUT2D eigenvalue weighted by atomic mass is 19.1. The van der Waals surface area contributed by atoms with Crippen LogP contribution in [0.4, 0.5) is 14.6 Å². The first-order valence-electron chi connectivity index (χ1n) is 10.5. The van der Waals surface area contributed by atoms with Crippen molar-refractivity contribution in [2.24, 2.45) is 0 Å². The van der Waals surface area contributed by atoms with E-state index >= 15 is 0 Å². The van der Waals surface area contributed by atoms with Crippen LogP contribution in [0.5, 0.6) is 0 Å². The standard InChI is InChI=1S/C25H24F2N4O/c1-4-28-23-21(6-5-9-29-23)24-30-25(32-31-24)22(18-12-19(26)14-20(27)13-18)11-17-8-7-15(2)16(3)10-17/h5-10,12-14,22H,4,11H2,1-3H3,(H,28,29). The summed E-state index contributed by atoms with van der Waals surface area (Å²) in [6.45, 7) is 6.73. The number of nitrogens with one attached hydrogen (secondary N) is 1. The van der Waals surface area contributed by atoms with Crippen molar-refractivity contribution in [1.29, 1.82) is 0 Å². The molecule has 0 aliphatic heterocycles. The fraction of sp³-hybridized carbons (Fsp3) is 0.240. The lowest BCUT2D eigenvalue weighted by molar-refractivity contribution is 0.364. The van der Waals surface area contributed by atoms with E-state index in [1.54, 1.807) is 12.3 Å². The number of hydrogen-bond acceptors (Lipinski definition) is 5. The third kappa shape index (κ3) is 4.66. The SMILES string of the molecule is CCNc1ncccc1-c1noc(C(Cc2ccc(C)c(C)c2)c2cc(F)cc(F)c2)n1. The number of hydrogen-bond donors (Lipinski definition) is 1. The van der Waals surface area contributed by atoms with Crippen LogP contribution in [-0.4, -0.2) is 21.7 Å². The van der Waals surface area contributed by atoms with E-state index in [0.29, 0.717) is 35.7 Å². The molecule has 1 unspecified atom stereocenters. The summed E-state index contributed by atoms with van der Waals surface area (Å²) in [5, 5.41) is 7.32. The first kappa shape index (κ1) is 21.6. The first-order chi connectivity index (χ1) is 15.4. The maximum Gasteiger partial charge on any atom is 0.234 e. The van der Waals surface area contributed by atoms with E-state index in [1.165, 1.54) is 17.7 Å². The van der Waals surface area contributed by atoms with Crippen molar-refractivity contribution in [2.45, 2.75) is 33.1 Å². The second-order valence-corrected chi connectivity index (χ2v) is 7.76. The van der Waals surface area contributed by atoms with Gasteiger partial charge in [0.25, 0.3) is 0 Å². The Labute approximate surface area is 185 Å². The summed E-state index contributed by atoms with van der Waals surface area (Å²) in [6.07, 6.45) is 2.14. The lowest BCUT2D eigenvalue weighted by atomic mass is 9.90. The Morgan fingerprint density at radius 1 is 1.00 bits per heavy atom. The summed E-state index contributed by atoms with van der Waals surface area (Å²) < 4.78 is 33.7. The highest BCUT2D eigenvalue weighted by molar-refractivity contribution is 5.69. The van der Waals surface area contributed by atoms with Crippen LogP contribution in [0.3, 0.4) is 0 Å². The molecular weight excluding hydrogens is 410 g/mol. The van der Waals surface area contributed by atoms with Crippen molar-refractivity contribution in [3.05, 3.63) is 94.5 Å². The molecule has 0 amide bonds. The Morgan fingerprint density at radius 2 is 1.78 bits per heavy atom. The van der Waals surface area contributed by atoms with Gasteiger partial charge in [-0.05, 0) is 73.7 Å². The molecule has 0 spiro atoms. The number of rotatable bonds is 7. The zero-order chi connectivity index (χ0) is 22.7. The van der Waals surface area contributed by atoms with Gasteiger partial charge in [0.2, 0.25) is 11.7 Å². The maximum absolute atomic E-state index is 14.0. The fourth-order valence-corrected chi connectivity index (χ4v) is 3.67. The molecule has 7 heteroatoms. The highest BCUT2D eigenvalue weighted by Crippen LogP contribution is 2.32. The van der Waals surface area contributed by atoms with Gasteiger partial charge in [0.15, 0.2) is 0 Å². The van der Waals surface area contributed by atoms with Gasteiger partial charge in [0.05, 0.1) is 11.5 Å². The Morgan fingerprint density at radius 3 is 2.50 bits per heavy atom. The van der Waals surface area contributed by atoms with Crippen molar-refractivity contribution < 1.29 is 13.3 Å². The van der Waals surface area contributed by atoms with Gasteiger partial charge in [-0.1, -0.05) is 23.4 Å². The van der Waals surface area contributed by atoms with Crippen LogP contribution in [0, 0.1) is 25.5 Å². The number of aromatic nitrogens is 3. The minimum atomic E-state index is -0.647. The van der Waals surface area contributed by atoms with Crippen LogP contribution in [0.1, 0.15) is 41.0 Å². The van der Waals surface area contributed by atoms with E-state index in [0.717, 1.165) is 17.2 Å². The average Bonchev–Trinajstić information content (AvgIpc) is 3.24. The van der Waals surface area contributed by atoms with Crippen LogP contribution >= 0.6 is 0 Å². The molecule has 1 atom stereocenters. The molecule has 0 fully saturated rings. The minimum Gasteiger partial charge on any atom is -0.370 e. The smallest absolute Gasteiger partial charge is 0.234 e. The molecule has 5 nitrogen and oxygen atoms in total. The number of nitrogens with zero attached hydrogens (tertiary/aromatic N) is 3. The van der Waals surface area contributed by atoms with E-state index in [2.05, 4.69) is 26.5 Å². The molecule has 0 saturated heterocycles. The molecule has 0 saturated carbocycles. The molecule has 0 radical (unpaired) electrons. The van der Waals surface area contributed by atoms with Gasteiger partial charge in [-0.15, -0.1) is 0 Å². The molecule has 2 aromatic heterocycles. The third-order valence-corrected chi connectivity index (χ3v) is 5.43. The molecule has 32 heavy (non-hydrogen) atoms. The number of anilines is 1. The van der Waals surface area contributed by atoms with Gasteiger partial charge in [-0.25, -0.2) is 13.8 Å². The first-order valence-corrected chi connectivity index (χ1v) is 10.5. The summed E-state index contributed by atoms with van der Waals surface area (Å²) in [7, 11) is 0. The quantitative estimate of drug-likeness (QED) is 0.396. The monoisotopic (exact) mass is 434 g/mol. The molecule has 0 aliphatic rings. The number of aryl methyl sites for hydroxylation is 2. The van der Waals surface area contributed by atoms with Crippen molar-refractivity contribution in [1.82, 2.24) is 15.1 Å². The van der Waals surface area contributed by atoms with Crippen molar-refractivity contribution in [3.8, 4) is 11.4 Å². The van der Waals surface area contributed by atoms with E-state index < -0.39 is 17.6 Å². The lowest BCUT2D eigenvalue weighted by Gasteiger charge is -2.15.